The van der Waals surface area contributed by atoms with Crippen LogP contribution in [-0.2, 0) is 35.7 Å². The minimum atomic E-state index is -5.80. The molecule has 0 N–H and O–H groups in total. The number of hydrogen-bond donors (Lipinski definition) is 0. The first kappa shape index (κ1) is 22.7. The van der Waals surface area contributed by atoms with Crippen LogP contribution in [0.15, 0.2) is 42.1 Å². The van der Waals surface area contributed by atoms with Crippen molar-refractivity contribution < 1.29 is 40.7 Å². The van der Waals surface area contributed by atoms with E-state index >= 15 is 0 Å². The van der Waals surface area contributed by atoms with Gasteiger partial charge in [-0.25, -0.2) is 4.79 Å². The van der Waals surface area contributed by atoms with Crippen LogP contribution in [0.3, 0.4) is 0 Å². The van der Waals surface area contributed by atoms with Crippen LogP contribution in [0.25, 0.3) is 0 Å². The van der Waals surface area contributed by atoms with Crippen LogP contribution in [0, 0.1) is 5.92 Å². The monoisotopic (exact) mass is 435 g/mol. The molecule has 2 atom stereocenters. The SMILES string of the molecule is CC(=O)OC[C@@H]1[C@@H](C)C/C(=C\C(=O)OCc2ccccc2)N1S(=O)(=O)C(F)(F)F. The average molecular weight is 435 g/mol. The van der Waals surface area contributed by atoms with Gasteiger partial charge in [0.2, 0.25) is 0 Å². The van der Waals surface area contributed by atoms with E-state index in [2.05, 4.69) is 0 Å². The Hall–Kier alpha value is -2.56. The Morgan fingerprint density at radius 1 is 1.21 bits per heavy atom. The molecule has 2 rings (SSSR count). The third kappa shape index (κ3) is 5.49. The Kier molecular flexibility index (Phi) is 6.93. The molecule has 0 bridgehead atoms. The molecule has 0 saturated carbocycles. The molecule has 0 aliphatic carbocycles. The first-order valence-corrected chi connectivity index (χ1v) is 10.0. The Balaban J connectivity index is 2.28. The van der Waals surface area contributed by atoms with Gasteiger partial charge < -0.3 is 9.47 Å². The van der Waals surface area contributed by atoms with Gasteiger partial charge in [-0.1, -0.05) is 37.3 Å². The molecule has 1 saturated heterocycles. The highest BCUT2D eigenvalue weighted by Crippen LogP contribution is 2.40. The number of benzene rings is 1. The summed E-state index contributed by atoms with van der Waals surface area (Å²) in [6, 6.07) is 7.28. The molecule has 0 amide bonds. The summed E-state index contributed by atoms with van der Waals surface area (Å²) in [6.07, 6.45) is 0.595. The Bertz CT molecular complexity index is 883. The highest BCUT2D eigenvalue weighted by molar-refractivity contribution is 7.90. The maximum absolute atomic E-state index is 13.2. The second-order valence-corrected chi connectivity index (χ2v) is 8.33. The molecule has 160 valence electrons. The number of carbonyl (C=O) groups is 2. The van der Waals surface area contributed by atoms with Crippen LogP contribution in [0.2, 0.25) is 0 Å². The molecule has 0 spiro atoms. The van der Waals surface area contributed by atoms with Crippen molar-refractivity contribution in [3.63, 3.8) is 0 Å². The van der Waals surface area contributed by atoms with Crippen LogP contribution < -0.4 is 0 Å². The maximum atomic E-state index is 13.2. The lowest BCUT2D eigenvalue weighted by molar-refractivity contribution is -0.142. The highest BCUT2D eigenvalue weighted by atomic mass is 32.2. The van der Waals surface area contributed by atoms with Crippen molar-refractivity contribution in [3.8, 4) is 0 Å². The Labute approximate surface area is 166 Å². The molecular formula is C18H20F3NO6S. The van der Waals surface area contributed by atoms with Crippen LogP contribution in [0.1, 0.15) is 25.8 Å². The van der Waals surface area contributed by atoms with Gasteiger partial charge >= 0.3 is 27.5 Å². The summed E-state index contributed by atoms with van der Waals surface area (Å²) in [4.78, 5) is 23.1. The van der Waals surface area contributed by atoms with Gasteiger partial charge in [0.15, 0.2) is 0 Å². The lowest BCUT2D eigenvalue weighted by Gasteiger charge is -2.28. The Morgan fingerprint density at radius 2 is 1.83 bits per heavy atom. The van der Waals surface area contributed by atoms with Gasteiger partial charge in [-0.3, -0.25) is 9.10 Å². The van der Waals surface area contributed by atoms with Gasteiger partial charge in [-0.05, 0) is 17.9 Å². The number of allylic oxidation sites excluding steroid dienone is 1. The number of nitrogens with zero attached hydrogens (tertiary/aromatic N) is 1. The molecule has 0 unspecified atom stereocenters. The fourth-order valence-corrected chi connectivity index (χ4v) is 4.19. The maximum Gasteiger partial charge on any atom is 0.516 e. The first-order valence-electron chi connectivity index (χ1n) is 8.58. The zero-order chi connectivity index (χ0) is 21.8. The molecule has 1 aliphatic heterocycles. The fraction of sp³-hybridized carbons (Fsp3) is 0.444. The van der Waals surface area contributed by atoms with E-state index in [0.29, 0.717) is 5.56 Å². The quantitative estimate of drug-likeness (QED) is 0.504. The van der Waals surface area contributed by atoms with Gasteiger partial charge in [-0.15, -0.1) is 0 Å². The molecule has 29 heavy (non-hydrogen) atoms. The van der Waals surface area contributed by atoms with Crippen LogP contribution in [0.5, 0.6) is 0 Å². The molecule has 0 radical (unpaired) electrons. The second kappa shape index (κ2) is 8.85. The van der Waals surface area contributed by atoms with Crippen molar-refractivity contribution in [3.05, 3.63) is 47.7 Å². The molecule has 11 heteroatoms. The number of ether oxygens (including phenoxy) is 2. The molecule has 1 fully saturated rings. The van der Waals surface area contributed by atoms with Crippen LogP contribution >= 0.6 is 0 Å². The largest absolute Gasteiger partial charge is 0.516 e. The van der Waals surface area contributed by atoms with Crippen molar-refractivity contribution in [1.29, 1.82) is 0 Å². The lowest BCUT2D eigenvalue weighted by atomic mass is 10.0. The van der Waals surface area contributed by atoms with Crippen molar-refractivity contribution in [1.82, 2.24) is 4.31 Å². The van der Waals surface area contributed by atoms with Crippen molar-refractivity contribution in [2.24, 2.45) is 5.92 Å². The number of rotatable bonds is 6. The summed E-state index contributed by atoms with van der Waals surface area (Å²) in [5.74, 6) is -2.37. The van der Waals surface area contributed by atoms with Crippen LogP contribution in [-0.4, -0.2) is 42.8 Å². The van der Waals surface area contributed by atoms with Crippen LogP contribution in [0.4, 0.5) is 13.2 Å². The number of alkyl halides is 3. The van der Waals surface area contributed by atoms with Gasteiger partial charge in [-0.2, -0.15) is 21.6 Å². The van der Waals surface area contributed by atoms with E-state index in [0.717, 1.165) is 13.0 Å². The normalized spacial score (nSPS) is 21.3. The van der Waals surface area contributed by atoms with Gasteiger partial charge in [0.25, 0.3) is 0 Å². The number of halogens is 3. The number of carbonyl (C=O) groups excluding carboxylic acids is 2. The zero-order valence-corrected chi connectivity index (χ0v) is 16.5. The minimum Gasteiger partial charge on any atom is -0.464 e. The number of esters is 2. The van der Waals surface area contributed by atoms with Crippen molar-refractivity contribution >= 4 is 22.0 Å². The average Bonchev–Trinajstić information content (AvgIpc) is 2.93. The second-order valence-electron chi connectivity index (χ2n) is 6.53. The van der Waals surface area contributed by atoms with E-state index in [1.54, 1.807) is 30.3 Å². The number of sulfonamides is 1. The summed E-state index contributed by atoms with van der Waals surface area (Å²) in [5.41, 5.74) is -5.30. The topological polar surface area (TPSA) is 90.0 Å². The standard InChI is InChI=1S/C18H20F3NO6S/c1-12-8-15(9-17(24)28-10-14-6-4-3-5-7-14)22(16(12)11-27-13(2)23)29(25,26)18(19,20)21/h3-7,9,12,16H,8,10-11H2,1-2H3/b15-9+/t12-,16+/m0/s1. The summed E-state index contributed by atoms with van der Waals surface area (Å²) in [5, 5.41) is 0. The van der Waals surface area contributed by atoms with Crippen molar-refractivity contribution in [2.75, 3.05) is 6.61 Å². The summed E-state index contributed by atoms with van der Waals surface area (Å²) in [6.45, 7) is 1.87. The van der Waals surface area contributed by atoms with E-state index < -0.39 is 46.0 Å². The van der Waals surface area contributed by atoms with E-state index in [1.165, 1.54) is 6.92 Å². The third-order valence-corrected chi connectivity index (χ3v) is 5.90. The zero-order valence-electron chi connectivity index (χ0n) is 15.7. The summed E-state index contributed by atoms with van der Waals surface area (Å²) in [7, 11) is -5.80. The van der Waals surface area contributed by atoms with Gasteiger partial charge in [0.1, 0.15) is 13.2 Å². The molecule has 7 nitrogen and oxygen atoms in total. The summed E-state index contributed by atoms with van der Waals surface area (Å²) >= 11 is 0. The van der Waals surface area contributed by atoms with Gasteiger partial charge in [0, 0.05) is 18.7 Å². The molecule has 1 heterocycles. The molecule has 1 aromatic carbocycles. The van der Waals surface area contributed by atoms with E-state index in [9.17, 15) is 31.2 Å². The Morgan fingerprint density at radius 3 is 2.38 bits per heavy atom. The predicted octanol–water partition coefficient (Wildman–Crippen LogP) is 2.74. The molecular weight excluding hydrogens is 415 g/mol. The van der Waals surface area contributed by atoms with Crippen molar-refractivity contribution in [2.45, 2.75) is 38.4 Å². The lowest BCUT2D eigenvalue weighted by Crippen LogP contribution is -2.46. The summed E-state index contributed by atoms with van der Waals surface area (Å²) < 4.78 is 73.6. The molecule has 0 aromatic heterocycles. The fourth-order valence-electron chi connectivity index (χ4n) is 2.91. The number of hydrogen-bond acceptors (Lipinski definition) is 6. The predicted molar refractivity (Wildman–Crippen MR) is 95.3 cm³/mol. The third-order valence-electron chi connectivity index (χ3n) is 4.29. The van der Waals surface area contributed by atoms with E-state index in [-0.39, 0.29) is 23.0 Å². The smallest absolute Gasteiger partial charge is 0.464 e. The van der Waals surface area contributed by atoms with Gasteiger partial charge in [0.05, 0.1) is 6.04 Å². The first-order chi connectivity index (χ1) is 13.4. The van der Waals surface area contributed by atoms with E-state index in [4.69, 9.17) is 9.47 Å². The molecule has 1 aromatic rings. The highest BCUT2D eigenvalue weighted by Gasteiger charge is 2.56. The minimum absolute atomic E-state index is 0.115. The van der Waals surface area contributed by atoms with E-state index in [1.807, 2.05) is 0 Å². The molecule has 1 aliphatic rings.